The fraction of sp³-hybridized carbons (Fsp3) is 0.345. The molecule has 11 nitrogen and oxygen atoms in total. The number of nitrogens with zero attached hydrogens (tertiary/aromatic N) is 1. The molecule has 0 spiro atoms. The first kappa shape index (κ1) is 30.0. The number of carboxylic acid groups (broad SMARTS) is 1. The molecule has 0 aliphatic rings. The predicted octanol–water partition coefficient (Wildman–Crippen LogP) is 0.960. The molecule has 40 heavy (non-hydrogen) atoms. The topological polar surface area (TPSA) is 179 Å². The normalized spacial score (nSPS) is 14.0. The number of benzene rings is 2. The van der Waals surface area contributed by atoms with E-state index in [9.17, 15) is 24.3 Å². The van der Waals surface area contributed by atoms with Gasteiger partial charge in [-0.3, -0.25) is 14.4 Å². The first-order valence-corrected chi connectivity index (χ1v) is 13.1. The zero-order valence-electron chi connectivity index (χ0n) is 22.5. The zero-order chi connectivity index (χ0) is 29.1. The van der Waals surface area contributed by atoms with Crippen molar-refractivity contribution in [2.75, 3.05) is 0 Å². The molecule has 0 radical (unpaired) electrons. The lowest BCUT2D eigenvalue weighted by atomic mass is 10.0. The van der Waals surface area contributed by atoms with Crippen LogP contribution in [0.5, 0.6) is 0 Å². The summed E-state index contributed by atoms with van der Waals surface area (Å²) in [4.78, 5) is 58.4. The summed E-state index contributed by atoms with van der Waals surface area (Å²) in [7, 11) is 0. The Balaban J connectivity index is 1.80. The van der Waals surface area contributed by atoms with Crippen molar-refractivity contribution in [3.63, 3.8) is 0 Å². The van der Waals surface area contributed by atoms with E-state index in [0.717, 1.165) is 11.1 Å². The van der Waals surface area contributed by atoms with Crippen LogP contribution in [-0.4, -0.2) is 62.9 Å². The minimum Gasteiger partial charge on any atom is -0.480 e. The molecule has 0 aliphatic heterocycles. The smallest absolute Gasteiger partial charge is 0.326 e. The summed E-state index contributed by atoms with van der Waals surface area (Å²) in [6, 6.07) is 14.2. The van der Waals surface area contributed by atoms with Crippen molar-refractivity contribution in [2.45, 2.75) is 57.3 Å². The maximum absolute atomic E-state index is 13.6. The Morgan fingerprint density at radius 2 is 1.32 bits per heavy atom. The van der Waals surface area contributed by atoms with Gasteiger partial charge in [0.2, 0.25) is 17.7 Å². The molecule has 3 rings (SSSR count). The quantitative estimate of drug-likeness (QED) is 0.174. The number of carbonyl (C=O) groups is 4. The summed E-state index contributed by atoms with van der Waals surface area (Å²) in [5.74, 6) is -3.37. The Bertz CT molecular complexity index is 1250. The highest BCUT2D eigenvalue weighted by Gasteiger charge is 2.32. The van der Waals surface area contributed by atoms with Crippen molar-refractivity contribution in [1.82, 2.24) is 25.9 Å². The molecule has 0 saturated carbocycles. The van der Waals surface area contributed by atoms with Gasteiger partial charge in [0.05, 0.1) is 12.4 Å². The van der Waals surface area contributed by atoms with Crippen LogP contribution in [0.2, 0.25) is 0 Å². The van der Waals surface area contributed by atoms with E-state index in [2.05, 4.69) is 25.9 Å². The average molecular weight is 549 g/mol. The van der Waals surface area contributed by atoms with Gasteiger partial charge in [-0.25, -0.2) is 9.78 Å². The van der Waals surface area contributed by atoms with Crippen molar-refractivity contribution in [3.05, 3.63) is 90.0 Å². The summed E-state index contributed by atoms with van der Waals surface area (Å²) in [6.07, 6.45) is 3.41. The second kappa shape index (κ2) is 14.6. The Labute approximate surface area is 233 Å². The first-order chi connectivity index (χ1) is 19.1. The highest BCUT2D eigenvalue weighted by atomic mass is 16.4. The van der Waals surface area contributed by atoms with Crippen LogP contribution < -0.4 is 21.7 Å². The van der Waals surface area contributed by atoms with E-state index < -0.39 is 47.9 Å². The van der Waals surface area contributed by atoms with Crippen molar-refractivity contribution in [3.8, 4) is 0 Å². The van der Waals surface area contributed by atoms with Gasteiger partial charge in [-0.2, -0.15) is 0 Å². The van der Waals surface area contributed by atoms with Gasteiger partial charge in [-0.05, 0) is 23.5 Å². The number of carboxylic acids is 1. The molecule has 1 heterocycles. The minimum atomic E-state index is -1.18. The number of hydrogen-bond donors (Lipinski definition) is 6. The van der Waals surface area contributed by atoms with Gasteiger partial charge in [0.15, 0.2) is 0 Å². The van der Waals surface area contributed by atoms with Gasteiger partial charge in [-0.15, -0.1) is 0 Å². The maximum atomic E-state index is 13.6. The van der Waals surface area contributed by atoms with Gasteiger partial charge in [0, 0.05) is 24.7 Å². The summed E-state index contributed by atoms with van der Waals surface area (Å²) in [6.45, 7) is 3.34. The van der Waals surface area contributed by atoms with E-state index in [1.54, 1.807) is 13.8 Å². The lowest BCUT2D eigenvalue weighted by molar-refractivity contribution is -0.143. The van der Waals surface area contributed by atoms with E-state index in [1.807, 2.05) is 60.7 Å². The number of rotatable bonds is 14. The van der Waals surface area contributed by atoms with Crippen molar-refractivity contribution in [2.24, 2.45) is 11.7 Å². The summed E-state index contributed by atoms with van der Waals surface area (Å²) < 4.78 is 0. The molecule has 4 atom stereocenters. The van der Waals surface area contributed by atoms with Crippen LogP contribution in [0.4, 0.5) is 0 Å². The van der Waals surface area contributed by atoms with E-state index in [-0.39, 0.29) is 25.2 Å². The number of carbonyl (C=O) groups excluding carboxylic acids is 3. The number of aromatic amines is 1. The Hall–Kier alpha value is -4.51. The number of amides is 3. The van der Waals surface area contributed by atoms with Crippen molar-refractivity contribution >= 4 is 23.7 Å². The molecule has 0 bridgehead atoms. The lowest BCUT2D eigenvalue weighted by Gasteiger charge is -2.26. The largest absolute Gasteiger partial charge is 0.480 e. The second-order valence-corrected chi connectivity index (χ2v) is 9.96. The molecule has 0 aliphatic carbocycles. The highest BCUT2D eigenvalue weighted by Crippen LogP contribution is 2.09. The SMILES string of the molecule is CC(C)C(NC(=O)C(Cc1cnc[nH]1)NC(=O)C(Cc1ccccc1)NC(=O)C(N)Cc1ccccc1)C(=O)O. The number of nitrogens with two attached hydrogens (primary N) is 1. The Kier molecular flexibility index (Phi) is 11.0. The van der Waals surface area contributed by atoms with Crippen LogP contribution in [0.15, 0.2) is 73.2 Å². The van der Waals surface area contributed by atoms with E-state index in [4.69, 9.17) is 5.73 Å². The van der Waals surface area contributed by atoms with E-state index in [0.29, 0.717) is 5.69 Å². The summed E-state index contributed by atoms with van der Waals surface area (Å²) in [5.41, 5.74) is 8.40. The van der Waals surface area contributed by atoms with E-state index in [1.165, 1.54) is 12.5 Å². The lowest BCUT2D eigenvalue weighted by Crippen LogP contribution is -2.58. The Morgan fingerprint density at radius 3 is 1.85 bits per heavy atom. The number of imidazole rings is 1. The van der Waals surface area contributed by atoms with Crippen LogP contribution >= 0.6 is 0 Å². The van der Waals surface area contributed by atoms with Crippen LogP contribution in [-0.2, 0) is 38.4 Å². The molecular formula is C29H36N6O5. The predicted molar refractivity (Wildman–Crippen MR) is 149 cm³/mol. The number of H-pyrrole nitrogens is 1. The molecular weight excluding hydrogens is 512 g/mol. The Morgan fingerprint density at radius 1 is 0.800 bits per heavy atom. The monoisotopic (exact) mass is 548 g/mol. The standard InChI is InChI=1S/C29H36N6O5/c1-18(2)25(29(39)40)35-28(38)24(15-21-16-31-17-32-21)34-27(37)23(14-20-11-7-4-8-12-20)33-26(36)22(30)13-19-9-5-3-6-10-19/h3-12,16-18,22-25H,13-15,30H2,1-2H3,(H,31,32)(H,33,36)(H,34,37)(H,35,38)(H,39,40). The maximum Gasteiger partial charge on any atom is 0.326 e. The third-order valence-electron chi connectivity index (χ3n) is 6.39. The molecule has 3 aromatic rings. The van der Waals surface area contributed by atoms with Gasteiger partial charge in [0.1, 0.15) is 18.1 Å². The number of aromatic nitrogens is 2. The third kappa shape index (κ3) is 9.05. The molecule has 2 aromatic carbocycles. The van der Waals surface area contributed by atoms with Gasteiger partial charge in [0.25, 0.3) is 0 Å². The molecule has 11 heteroatoms. The zero-order valence-corrected chi connectivity index (χ0v) is 22.5. The highest BCUT2D eigenvalue weighted by molar-refractivity contribution is 5.94. The molecule has 4 unspecified atom stereocenters. The van der Waals surface area contributed by atoms with Gasteiger partial charge in [-0.1, -0.05) is 74.5 Å². The van der Waals surface area contributed by atoms with Crippen molar-refractivity contribution in [1.29, 1.82) is 0 Å². The first-order valence-electron chi connectivity index (χ1n) is 13.1. The summed E-state index contributed by atoms with van der Waals surface area (Å²) >= 11 is 0. The number of hydrogen-bond acceptors (Lipinski definition) is 6. The minimum absolute atomic E-state index is 0.0293. The average Bonchev–Trinajstić information content (AvgIpc) is 3.44. The van der Waals surface area contributed by atoms with Crippen LogP contribution in [0.1, 0.15) is 30.7 Å². The summed E-state index contributed by atoms with van der Waals surface area (Å²) in [5, 5.41) is 17.5. The van der Waals surface area contributed by atoms with Crippen LogP contribution in [0.3, 0.4) is 0 Å². The molecule has 0 saturated heterocycles. The molecule has 212 valence electrons. The fourth-order valence-electron chi connectivity index (χ4n) is 4.16. The van der Waals surface area contributed by atoms with E-state index >= 15 is 0 Å². The third-order valence-corrected chi connectivity index (χ3v) is 6.39. The molecule has 0 fully saturated rings. The van der Waals surface area contributed by atoms with Crippen LogP contribution in [0.25, 0.3) is 0 Å². The fourth-order valence-corrected chi connectivity index (χ4v) is 4.16. The van der Waals surface area contributed by atoms with Gasteiger partial charge < -0.3 is 31.8 Å². The van der Waals surface area contributed by atoms with Crippen LogP contribution in [0, 0.1) is 5.92 Å². The van der Waals surface area contributed by atoms with Gasteiger partial charge >= 0.3 is 5.97 Å². The molecule has 7 N–H and O–H groups in total. The second-order valence-electron chi connectivity index (χ2n) is 9.96. The molecule has 1 aromatic heterocycles. The molecule has 3 amide bonds. The number of aliphatic carboxylic acids is 1. The van der Waals surface area contributed by atoms with Crippen molar-refractivity contribution < 1.29 is 24.3 Å². The number of nitrogens with one attached hydrogen (secondary N) is 4.